The number of aromatic nitrogens is 4. The molecule has 1 aliphatic heterocycles. The van der Waals surface area contributed by atoms with Gasteiger partial charge in [-0.2, -0.15) is 16.9 Å². The molecule has 4 rings (SSSR count). The van der Waals surface area contributed by atoms with Gasteiger partial charge >= 0.3 is 0 Å². The van der Waals surface area contributed by atoms with E-state index in [0.29, 0.717) is 4.88 Å². The van der Waals surface area contributed by atoms with Gasteiger partial charge in [-0.15, -0.1) is 0 Å². The van der Waals surface area contributed by atoms with Crippen LogP contribution in [0.3, 0.4) is 0 Å². The third-order valence-corrected chi connectivity index (χ3v) is 5.90. The van der Waals surface area contributed by atoms with Crippen molar-refractivity contribution in [3.63, 3.8) is 0 Å². The highest BCUT2D eigenvalue weighted by atomic mass is 32.2. The quantitative estimate of drug-likeness (QED) is 0.793. The van der Waals surface area contributed by atoms with Crippen LogP contribution in [0.1, 0.15) is 26.6 Å². The molecule has 0 radical (unpaired) electrons. The third-order valence-electron chi connectivity index (χ3n) is 3.76. The zero-order chi connectivity index (χ0) is 16.0. The largest absolute Gasteiger partial charge is 0.306 e. The smallest absolute Gasteiger partial charge is 0.268 e. The molecule has 3 aromatic heterocycles. The van der Waals surface area contributed by atoms with E-state index in [-0.39, 0.29) is 5.91 Å². The highest BCUT2D eigenvalue weighted by Crippen LogP contribution is 2.34. The first-order valence-electron chi connectivity index (χ1n) is 7.18. The maximum Gasteiger partial charge on any atom is 0.268 e. The van der Waals surface area contributed by atoms with E-state index in [4.69, 9.17) is 0 Å². The summed E-state index contributed by atoms with van der Waals surface area (Å²) in [6, 6.07) is 3.88. The van der Waals surface area contributed by atoms with Gasteiger partial charge < -0.3 is 9.88 Å². The number of rotatable bonds is 3. The molecule has 0 unspecified atom stereocenters. The van der Waals surface area contributed by atoms with Crippen molar-refractivity contribution in [3.05, 3.63) is 46.4 Å². The van der Waals surface area contributed by atoms with Crippen molar-refractivity contribution in [1.82, 2.24) is 19.3 Å². The van der Waals surface area contributed by atoms with Gasteiger partial charge in [0.1, 0.15) is 10.7 Å². The topological polar surface area (TPSA) is 64.7 Å². The number of nitrogens with zero attached hydrogens (tertiary/aromatic N) is 4. The van der Waals surface area contributed by atoms with Crippen LogP contribution in [0.15, 0.2) is 24.5 Å². The number of carbonyl (C=O) groups is 1. The van der Waals surface area contributed by atoms with Crippen LogP contribution in [0.2, 0.25) is 0 Å². The molecular weight excluding hydrogens is 330 g/mol. The second kappa shape index (κ2) is 5.54. The van der Waals surface area contributed by atoms with Crippen molar-refractivity contribution >= 4 is 34.8 Å². The van der Waals surface area contributed by atoms with Crippen molar-refractivity contribution < 1.29 is 4.79 Å². The molecule has 0 aliphatic carbocycles. The molecule has 6 nitrogen and oxygen atoms in total. The number of carbonyl (C=O) groups excluding carboxylic acids is 1. The molecule has 118 valence electrons. The summed E-state index contributed by atoms with van der Waals surface area (Å²) in [7, 11) is 1.86. The lowest BCUT2D eigenvalue weighted by Gasteiger charge is -2.06. The maximum atomic E-state index is 12.7. The summed E-state index contributed by atoms with van der Waals surface area (Å²) in [4.78, 5) is 17.8. The van der Waals surface area contributed by atoms with Crippen LogP contribution < -0.4 is 5.32 Å². The van der Waals surface area contributed by atoms with Crippen LogP contribution in [0.25, 0.3) is 5.13 Å². The first-order valence-corrected chi connectivity index (χ1v) is 9.15. The van der Waals surface area contributed by atoms with Gasteiger partial charge in [0.2, 0.25) is 0 Å². The number of hydrogen-bond acceptors (Lipinski definition) is 5. The van der Waals surface area contributed by atoms with Crippen molar-refractivity contribution in [2.24, 2.45) is 7.05 Å². The summed E-state index contributed by atoms with van der Waals surface area (Å²) in [5, 5.41) is 8.28. The van der Waals surface area contributed by atoms with E-state index in [1.54, 1.807) is 4.68 Å². The highest BCUT2D eigenvalue weighted by molar-refractivity contribution is 7.98. The number of anilines is 1. The van der Waals surface area contributed by atoms with Crippen molar-refractivity contribution in [2.45, 2.75) is 18.4 Å². The Kier molecular flexibility index (Phi) is 3.50. The highest BCUT2D eigenvalue weighted by Gasteiger charge is 2.24. The number of amides is 1. The average molecular weight is 345 g/mol. The average Bonchev–Trinajstić information content (AvgIpc) is 3.25. The van der Waals surface area contributed by atoms with Gasteiger partial charge in [-0.1, -0.05) is 11.3 Å². The number of fused-ring (bicyclic) bond motifs is 1. The van der Waals surface area contributed by atoms with Crippen molar-refractivity contribution in [1.29, 1.82) is 0 Å². The standard InChI is InChI=1S/C15H15N5OS2/c1-9-12(23-15(16-9)20-5-3-4-6-20)14(21)17-13-10-7-22-8-11(10)18-19(13)2/h3-6H,7-8H2,1-2H3,(H,17,21). The molecule has 0 saturated carbocycles. The Morgan fingerprint density at radius 1 is 1.30 bits per heavy atom. The van der Waals surface area contributed by atoms with Crippen LogP contribution in [0, 0.1) is 6.92 Å². The Labute approximate surface area is 141 Å². The van der Waals surface area contributed by atoms with Gasteiger partial charge in [0.25, 0.3) is 5.91 Å². The maximum absolute atomic E-state index is 12.7. The first kappa shape index (κ1) is 14.5. The zero-order valence-corrected chi connectivity index (χ0v) is 14.4. The second-order valence-corrected chi connectivity index (χ2v) is 7.31. The van der Waals surface area contributed by atoms with E-state index in [1.807, 2.05) is 54.8 Å². The molecule has 8 heteroatoms. The third kappa shape index (κ3) is 2.47. The lowest BCUT2D eigenvalue weighted by molar-refractivity contribution is 0.102. The summed E-state index contributed by atoms with van der Waals surface area (Å²) >= 11 is 3.21. The van der Waals surface area contributed by atoms with Crippen LogP contribution in [0.4, 0.5) is 5.82 Å². The summed E-state index contributed by atoms with van der Waals surface area (Å²) in [5.41, 5.74) is 2.95. The van der Waals surface area contributed by atoms with Crippen LogP contribution in [0.5, 0.6) is 0 Å². The van der Waals surface area contributed by atoms with Gasteiger partial charge in [-0.3, -0.25) is 9.48 Å². The second-order valence-electron chi connectivity index (χ2n) is 5.35. The van der Waals surface area contributed by atoms with Gasteiger partial charge in [-0.05, 0) is 19.1 Å². The number of thiazole rings is 1. The molecule has 0 atom stereocenters. The SMILES string of the molecule is Cc1nc(-n2cccc2)sc1C(=O)Nc1c2c(nn1C)CSC2. The summed E-state index contributed by atoms with van der Waals surface area (Å²) < 4.78 is 3.67. The van der Waals surface area contributed by atoms with E-state index in [2.05, 4.69) is 15.4 Å². The summed E-state index contributed by atoms with van der Waals surface area (Å²) in [6.45, 7) is 1.86. The Bertz CT molecular complexity index is 878. The Hall–Kier alpha value is -2.06. The van der Waals surface area contributed by atoms with Crippen molar-refractivity contribution in [2.75, 3.05) is 5.32 Å². The van der Waals surface area contributed by atoms with Gasteiger partial charge in [0, 0.05) is 36.5 Å². The monoisotopic (exact) mass is 345 g/mol. The predicted octanol–water partition coefficient (Wildman–Crippen LogP) is 2.97. The predicted molar refractivity (Wildman–Crippen MR) is 92.3 cm³/mol. The lowest BCUT2D eigenvalue weighted by atomic mass is 10.2. The van der Waals surface area contributed by atoms with E-state index < -0.39 is 0 Å². The van der Waals surface area contributed by atoms with E-state index in [0.717, 1.165) is 39.4 Å². The molecule has 0 saturated heterocycles. The Balaban J connectivity index is 1.63. The molecule has 0 spiro atoms. The zero-order valence-electron chi connectivity index (χ0n) is 12.7. The Morgan fingerprint density at radius 3 is 2.87 bits per heavy atom. The van der Waals surface area contributed by atoms with Crippen LogP contribution >= 0.6 is 23.1 Å². The minimum Gasteiger partial charge on any atom is -0.306 e. The number of nitrogens with one attached hydrogen (secondary N) is 1. The first-order chi connectivity index (χ1) is 11.1. The normalized spacial score (nSPS) is 13.3. The number of hydrogen-bond donors (Lipinski definition) is 1. The molecule has 4 heterocycles. The molecule has 0 aromatic carbocycles. The van der Waals surface area contributed by atoms with Gasteiger partial charge in [0.15, 0.2) is 5.13 Å². The molecule has 3 aromatic rings. The molecule has 23 heavy (non-hydrogen) atoms. The van der Waals surface area contributed by atoms with Crippen molar-refractivity contribution in [3.8, 4) is 5.13 Å². The van der Waals surface area contributed by atoms with E-state index >= 15 is 0 Å². The summed E-state index contributed by atoms with van der Waals surface area (Å²) in [5.74, 6) is 2.48. The minimum atomic E-state index is -0.124. The summed E-state index contributed by atoms with van der Waals surface area (Å²) in [6.07, 6.45) is 3.84. The lowest BCUT2D eigenvalue weighted by Crippen LogP contribution is -2.15. The van der Waals surface area contributed by atoms with Crippen LogP contribution in [-0.2, 0) is 18.6 Å². The molecule has 0 fully saturated rings. The fourth-order valence-electron chi connectivity index (χ4n) is 2.63. The fraction of sp³-hybridized carbons (Fsp3) is 0.267. The molecule has 1 amide bonds. The molecule has 0 bridgehead atoms. The molecule has 1 N–H and O–H groups in total. The minimum absolute atomic E-state index is 0.124. The van der Waals surface area contributed by atoms with E-state index in [1.165, 1.54) is 11.3 Å². The molecule has 1 aliphatic rings. The number of thioether (sulfide) groups is 1. The van der Waals surface area contributed by atoms with E-state index in [9.17, 15) is 4.79 Å². The Morgan fingerprint density at radius 2 is 2.09 bits per heavy atom. The number of aryl methyl sites for hydroxylation is 2. The van der Waals surface area contributed by atoms with Gasteiger partial charge in [0.05, 0.1) is 11.4 Å². The van der Waals surface area contributed by atoms with Gasteiger partial charge in [-0.25, -0.2) is 4.98 Å². The van der Waals surface area contributed by atoms with Crippen LogP contribution in [-0.4, -0.2) is 25.2 Å². The molecular formula is C15H15N5OS2. The fourth-order valence-corrected chi connectivity index (χ4v) is 4.59.